The average Bonchev–Trinajstić information content (AvgIpc) is 4.12. The Hall–Kier alpha value is -5.76. The molecule has 3 saturated heterocycles. The van der Waals surface area contributed by atoms with Gasteiger partial charge in [-0.25, -0.2) is 14.6 Å². The van der Waals surface area contributed by atoms with Gasteiger partial charge in [-0.15, -0.1) is 0 Å². The first kappa shape index (κ1) is 40.6. The van der Waals surface area contributed by atoms with Gasteiger partial charge in [-0.1, -0.05) is 52.0 Å². The molecule has 5 aliphatic heterocycles. The van der Waals surface area contributed by atoms with Gasteiger partial charge >= 0.3 is 12.2 Å². The monoisotopic (exact) mass is 829 g/mol. The van der Waals surface area contributed by atoms with Crippen LogP contribution in [0.5, 0.6) is 0 Å². The van der Waals surface area contributed by atoms with Crippen molar-refractivity contribution < 1.29 is 33.4 Å². The van der Waals surface area contributed by atoms with Gasteiger partial charge in [-0.3, -0.25) is 14.6 Å². The molecule has 6 heterocycles. The van der Waals surface area contributed by atoms with Crippen molar-refractivity contribution >= 4 is 46.4 Å². The third-order valence-electron chi connectivity index (χ3n) is 13.3. The van der Waals surface area contributed by atoms with Crippen LogP contribution in [-0.2, 0) is 30.2 Å². The summed E-state index contributed by atoms with van der Waals surface area (Å²) in [6.45, 7) is 8.90. The number of amides is 4. The molecule has 0 aliphatic carbocycles. The second-order valence-corrected chi connectivity index (χ2v) is 17.8. The van der Waals surface area contributed by atoms with E-state index in [9.17, 15) is 19.2 Å². The highest BCUT2D eigenvalue weighted by molar-refractivity contribution is 6.01. The van der Waals surface area contributed by atoms with Crippen molar-refractivity contribution in [2.24, 2.45) is 16.8 Å². The zero-order valence-electron chi connectivity index (χ0n) is 35.7. The number of carbonyl (C=O) groups is 4. The first-order valence-corrected chi connectivity index (χ1v) is 21.8. The number of aromatic nitrogens is 2. The smallest absolute Gasteiger partial charge is 0.407 e. The summed E-state index contributed by atoms with van der Waals surface area (Å²) in [4.78, 5) is 69.1. The lowest BCUT2D eigenvalue weighted by molar-refractivity contribution is -0.135. The topological polar surface area (TPSA) is 168 Å². The lowest BCUT2D eigenvalue weighted by atomic mass is 9.81. The number of ether oxygens (including phenoxy) is 3. The quantitative estimate of drug-likeness (QED) is 0.145. The van der Waals surface area contributed by atoms with Crippen molar-refractivity contribution in [2.45, 2.75) is 109 Å². The fourth-order valence-electron chi connectivity index (χ4n) is 10.3. The van der Waals surface area contributed by atoms with Crippen molar-refractivity contribution in [3.05, 3.63) is 71.0 Å². The van der Waals surface area contributed by atoms with E-state index in [2.05, 4.69) is 58.1 Å². The molecule has 4 amide bonds. The van der Waals surface area contributed by atoms with Crippen molar-refractivity contribution in [2.75, 3.05) is 27.3 Å². The second kappa shape index (κ2) is 16.3. The van der Waals surface area contributed by atoms with E-state index in [1.165, 1.54) is 30.9 Å². The van der Waals surface area contributed by atoms with Crippen LogP contribution in [0.15, 0.2) is 53.5 Å². The van der Waals surface area contributed by atoms with Gasteiger partial charge in [0.2, 0.25) is 11.8 Å². The minimum atomic E-state index is -0.698. The summed E-state index contributed by atoms with van der Waals surface area (Å²) in [7, 11) is 2.61. The number of imidazole rings is 1. The molecule has 1 aromatic heterocycles. The van der Waals surface area contributed by atoms with Gasteiger partial charge in [-0.05, 0) is 114 Å². The van der Waals surface area contributed by atoms with Crippen LogP contribution in [-0.4, -0.2) is 94.9 Å². The maximum absolute atomic E-state index is 13.8. The van der Waals surface area contributed by atoms with Crippen LogP contribution in [0.25, 0.3) is 33.3 Å². The number of aromatic amines is 1. The van der Waals surface area contributed by atoms with Gasteiger partial charge in [0.05, 0.1) is 55.2 Å². The SMILES string of the molecule is COC(=O)N[C@H](C(=O)N1CCC[C@H]1C1=Nc2ccc(-c3ccc(-c4ccc5nc([C@@H]6CCCN6C(=O)[C@@H](NC(=O)OC)C(C)C)[nH]c5c4)c4c3C3CCC4O3)cc2C1)C(C)C. The Morgan fingerprint density at radius 1 is 0.738 bits per heavy atom. The maximum atomic E-state index is 13.8. The van der Waals surface area contributed by atoms with E-state index in [0.717, 1.165) is 89.0 Å². The number of nitrogens with one attached hydrogen (secondary N) is 3. The molecule has 320 valence electrons. The first-order valence-electron chi connectivity index (χ1n) is 21.8. The number of hydrogen-bond acceptors (Lipinski definition) is 9. The van der Waals surface area contributed by atoms with Crippen LogP contribution < -0.4 is 10.6 Å². The van der Waals surface area contributed by atoms with E-state index in [0.29, 0.717) is 19.5 Å². The molecule has 3 N–H and O–H groups in total. The van der Waals surface area contributed by atoms with Crippen LogP contribution >= 0.6 is 0 Å². The molecule has 0 saturated carbocycles. The number of alkyl carbamates (subject to hydrolysis) is 2. The number of aliphatic imine (C=N–C) groups is 1. The minimum Gasteiger partial charge on any atom is -0.453 e. The lowest BCUT2D eigenvalue weighted by Crippen LogP contribution is -2.53. The summed E-state index contributed by atoms with van der Waals surface area (Å²) in [6.07, 6.45) is 4.78. The summed E-state index contributed by atoms with van der Waals surface area (Å²) < 4.78 is 16.2. The highest BCUT2D eigenvalue weighted by Gasteiger charge is 2.43. The number of methoxy groups -OCH3 is 2. The van der Waals surface area contributed by atoms with E-state index in [1.807, 2.05) is 43.6 Å². The molecule has 5 aliphatic rings. The molecule has 4 aromatic rings. The number of carbonyl (C=O) groups excluding carboxylic acids is 4. The number of fused-ring (bicyclic) bond motifs is 7. The van der Waals surface area contributed by atoms with Crippen molar-refractivity contribution in [3.63, 3.8) is 0 Å². The second-order valence-electron chi connectivity index (χ2n) is 17.8. The molecular formula is C47H55N7O7. The largest absolute Gasteiger partial charge is 0.453 e. The molecule has 3 aromatic carbocycles. The molecular weight excluding hydrogens is 775 g/mol. The van der Waals surface area contributed by atoms with Crippen LogP contribution in [0.4, 0.5) is 15.3 Å². The average molecular weight is 830 g/mol. The number of H-pyrrole nitrogens is 1. The number of nitrogens with zero attached hydrogens (tertiary/aromatic N) is 4. The Labute approximate surface area is 355 Å². The Balaban J connectivity index is 0.965. The molecule has 2 bridgehead atoms. The summed E-state index contributed by atoms with van der Waals surface area (Å²) in [5, 5.41) is 5.48. The number of likely N-dealkylation sites (tertiary alicyclic amines) is 2. The third-order valence-corrected chi connectivity index (χ3v) is 13.3. The van der Waals surface area contributed by atoms with Gasteiger partial charge in [0, 0.05) is 25.2 Å². The molecule has 6 atom stereocenters. The minimum absolute atomic E-state index is 0.0205. The van der Waals surface area contributed by atoms with Crippen LogP contribution in [0.2, 0.25) is 0 Å². The van der Waals surface area contributed by atoms with Crippen LogP contribution in [0, 0.1) is 11.8 Å². The molecule has 61 heavy (non-hydrogen) atoms. The number of hydrogen-bond donors (Lipinski definition) is 3. The molecule has 14 heteroatoms. The van der Waals surface area contributed by atoms with E-state index in [4.69, 9.17) is 24.2 Å². The predicted molar refractivity (Wildman–Crippen MR) is 230 cm³/mol. The molecule has 3 fully saturated rings. The van der Waals surface area contributed by atoms with E-state index >= 15 is 0 Å². The van der Waals surface area contributed by atoms with Crippen molar-refractivity contribution in [3.8, 4) is 22.3 Å². The summed E-state index contributed by atoms with van der Waals surface area (Å²) in [5.74, 6) is 0.301. The Kier molecular flexibility index (Phi) is 10.8. The fourth-order valence-corrected chi connectivity index (χ4v) is 10.3. The lowest BCUT2D eigenvalue weighted by Gasteiger charge is -2.30. The van der Waals surface area contributed by atoms with Crippen molar-refractivity contribution in [1.82, 2.24) is 30.4 Å². The van der Waals surface area contributed by atoms with Crippen LogP contribution in [0.3, 0.4) is 0 Å². The Morgan fingerprint density at radius 2 is 1.30 bits per heavy atom. The van der Waals surface area contributed by atoms with Gasteiger partial charge in [0.1, 0.15) is 17.9 Å². The van der Waals surface area contributed by atoms with E-state index in [-0.39, 0.29) is 47.9 Å². The van der Waals surface area contributed by atoms with E-state index in [1.54, 1.807) is 0 Å². The van der Waals surface area contributed by atoms with Gasteiger partial charge in [0.15, 0.2) is 0 Å². The standard InChI is InChI=1S/C47H55N7O7/c1-24(2)41(51-46(57)59-5)44(55)53-19-7-9-35(53)34-23-28-21-26(11-15-31(28)48-34)29-13-14-30(40-38-18-17-37(61-38)39(29)40)27-12-16-32-33(22-27)50-43(49-32)36-10-8-20-54(36)45(56)42(25(3)4)52-47(58)60-6/h11-16,21-22,24-25,35-38,41-42H,7-10,17-20,23H2,1-6H3,(H,49,50)(H,51,57)(H,52,58)/t35-,36-,37?,38?,41-,42-/m0/s1. The summed E-state index contributed by atoms with van der Waals surface area (Å²) >= 11 is 0. The predicted octanol–water partition coefficient (Wildman–Crippen LogP) is 7.85. The fraction of sp³-hybridized carbons (Fsp3) is 0.489. The Bertz CT molecular complexity index is 2440. The van der Waals surface area contributed by atoms with Gasteiger partial charge in [-0.2, -0.15) is 0 Å². The number of rotatable bonds is 10. The zero-order valence-corrected chi connectivity index (χ0v) is 35.7. The Morgan fingerprint density at radius 3 is 1.89 bits per heavy atom. The van der Waals surface area contributed by atoms with E-state index < -0.39 is 24.3 Å². The molecule has 0 radical (unpaired) electrons. The molecule has 0 spiro atoms. The normalized spacial score (nSPS) is 22.4. The molecule has 14 nitrogen and oxygen atoms in total. The van der Waals surface area contributed by atoms with Gasteiger partial charge in [0.25, 0.3) is 0 Å². The summed E-state index contributed by atoms with van der Waals surface area (Å²) in [5.41, 5.74) is 11.8. The maximum Gasteiger partial charge on any atom is 0.407 e. The molecule has 2 unspecified atom stereocenters. The van der Waals surface area contributed by atoms with Crippen molar-refractivity contribution in [1.29, 1.82) is 0 Å². The highest BCUT2D eigenvalue weighted by Crippen LogP contribution is 2.56. The third kappa shape index (κ3) is 7.32. The summed E-state index contributed by atoms with van der Waals surface area (Å²) in [6, 6.07) is 15.6. The van der Waals surface area contributed by atoms with Crippen LogP contribution in [0.1, 0.15) is 107 Å². The number of benzene rings is 3. The highest BCUT2D eigenvalue weighted by atomic mass is 16.5. The van der Waals surface area contributed by atoms with Gasteiger partial charge < -0.3 is 39.6 Å². The zero-order chi connectivity index (χ0) is 42.7. The first-order chi connectivity index (χ1) is 29.4. The molecule has 9 rings (SSSR count).